The Morgan fingerprint density at radius 1 is 1.62 bits per heavy atom. The van der Waals surface area contributed by atoms with E-state index in [2.05, 4.69) is 11.5 Å². The summed E-state index contributed by atoms with van der Waals surface area (Å²) in [5, 5.41) is 0. The van der Waals surface area contributed by atoms with Crippen molar-refractivity contribution < 1.29 is 9.78 Å². The van der Waals surface area contributed by atoms with Gasteiger partial charge >= 0.3 is 0 Å². The predicted molar refractivity (Wildman–Crippen MR) is 32.4 cm³/mol. The smallest absolute Gasteiger partial charge is 0.100 e. The molecule has 8 heavy (non-hydrogen) atoms. The van der Waals surface area contributed by atoms with Crippen LogP contribution >= 0.6 is 0 Å². The Labute approximate surface area is 50.0 Å². The highest BCUT2D eigenvalue weighted by atomic mass is 17.2. The van der Waals surface area contributed by atoms with Crippen LogP contribution in [0.25, 0.3) is 0 Å². The minimum Gasteiger partial charge on any atom is -0.234 e. The van der Waals surface area contributed by atoms with Crippen LogP contribution < -0.4 is 0 Å². The highest BCUT2D eigenvalue weighted by Crippen LogP contribution is 1.87. The molecule has 0 heterocycles. The maximum atomic E-state index is 4.71. The van der Waals surface area contributed by atoms with Gasteiger partial charge in [-0.1, -0.05) is 6.08 Å². The molecule has 0 rings (SSSR count). The Morgan fingerprint density at radius 3 is 2.62 bits per heavy atom. The first-order chi connectivity index (χ1) is 3.77. The summed E-state index contributed by atoms with van der Waals surface area (Å²) in [5.74, 6) is 0. The summed E-state index contributed by atoms with van der Waals surface area (Å²) < 4.78 is 0. The van der Waals surface area contributed by atoms with Gasteiger partial charge in [0, 0.05) is 0 Å². The summed E-state index contributed by atoms with van der Waals surface area (Å²) in [6.45, 7) is 7.72. The Morgan fingerprint density at radius 2 is 2.25 bits per heavy atom. The van der Waals surface area contributed by atoms with Crippen molar-refractivity contribution in [3.8, 4) is 0 Å². The van der Waals surface area contributed by atoms with Crippen LogP contribution in [0.5, 0.6) is 0 Å². The fourth-order valence-electron chi connectivity index (χ4n) is 0.223. The van der Waals surface area contributed by atoms with Gasteiger partial charge in [-0.15, -0.1) is 6.58 Å². The standard InChI is InChI=1S/C6H12O2/c1-4-5-7-8-6(2)3/h4,6H,1,5H2,2-3H3. The molecule has 0 radical (unpaired) electrons. The quantitative estimate of drug-likeness (QED) is 0.240. The first kappa shape index (κ1) is 7.66. The molecule has 48 valence electrons. The molecule has 0 aromatic carbocycles. The molecule has 0 N–H and O–H groups in total. The highest BCUT2D eigenvalue weighted by Gasteiger charge is 1.89. The lowest BCUT2D eigenvalue weighted by Gasteiger charge is -2.02. The van der Waals surface area contributed by atoms with E-state index in [1.165, 1.54) is 0 Å². The first-order valence-corrected chi connectivity index (χ1v) is 2.66. The molecule has 0 saturated carbocycles. The second kappa shape index (κ2) is 4.81. The molecule has 0 aromatic heterocycles. The van der Waals surface area contributed by atoms with E-state index in [-0.39, 0.29) is 6.10 Å². The number of rotatable bonds is 4. The minimum absolute atomic E-state index is 0.134. The zero-order valence-electron chi connectivity index (χ0n) is 5.39. The molecular formula is C6H12O2. The molecule has 2 nitrogen and oxygen atoms in total. The monoisotopic (exact) mass is 116 g/mol. The third-order valence-electron chi connectivity index (χ3n) is 0.446. The molecule has 0 aliphatic heterocycles. The molecule has 0 bridgehead atoms. The van der Waals surface area contributed by atoms with Crippen molar-refractivity contribution in [2.45, 2.75) is 20.0 Å². The van der Waals surface area contributed by atoms with Crippen LogP contribution in [0.15, 0.2) is 12.7 Å². The highest BCUT2D eigenvalue weighted by molar-refractivity contribution is 4.62. The number of hydrogen-bond donors (Lipinski definition) is 0. The van der Waals surface area contributed by atoms with E-state index in [1.54, 1.807) is 6.08 Å². The van der Waals surface area contributed by atoms with Crippen molar-refractivity contribution >= 4 is 0 Å². The SMILES string of the molecule is C=CCOOC(C)C. The zero-order chi connectivity index (χ0) is 6.41. The first-order valence-electron chi connectivity index (χ1n) is 2.66. The second-order valence-corrected chi connectivity index (χ2v) is 1.72. The maximum absolute atomic E-state index is 4.71. The lowest BCUT2D eigenvalue weighted by molar-refractivity contribution is -0.309. The van der Waals surface area contributed by atoms with Crippen LogP contribution in [0.4, 0.5) is 0 Å². The zero-order valence-corrected chi connectivity index (χ0v) is 5.39. The minimum atomic E-state index is 0.134. The van der Waals surface area contributed by atoms with Gasteiger partial charge in [0.15, 0.2) is 0 Å². The Hall–Kier alpha value is -0.340. The molecule has 0 atom stereocenters. The van der Waals surface area contributed by atoms with Gasteiger partial charge in [-0.3, -0.25) is 0 Å². The molecule has 0 spiro atoms. The van der Waals surface area contributed by atoms with Gasteiger partial charge in [0.2, 0.25) is 0 Å². The average Bonchev–Trinajstić information content (AvgIpc) is 1.66. The lowest BCUT2D eigenvalue weighted by atomic mass is 10.5. The van der Waals surface area contributed by atoms with Crippen molar-refractivity contribution in [2.75, 3.05) is 6.61 Å². The molecule has 0 unspecified atom stereocenters. The van der Waals surface area contributed by atoms with Gasteiger partial charge < -0.3 is 0 Å². The van der Waals surface area contributed by atoms with Crippen LogP contribution in [-0.4, -0.2) is 12.7 Å². The Kier molecular flexibility index (Phi) is 4.61. The van der Waals surface area contributed by atoms with Crippen molar-refractivity contribution in [1.29, 1.82) is 0 Å². The van der Waals surface area contributed by atoms with Crippen LogP contribution in [0.1, 0.15) is 13.8 Å². The van der Waals surface area contributed by atoms with E-state index >= 15 is 0 Å². The van der Waals surface area contributed by atoms with E-state index in [0.29, 0.717) is 6.61 Å². The fraction of sp³-hybridized carbons (Fsp3) is 0.667. The lowest BCUT2D eigenvalue weighted by Crippen LogP contribution is -2.02. The predicted octanol–water partition coefficient (Wildman–Crippen LogP) is 1.53. The van der Waals surface area contributed by atoms with E-state index < -0.39 is 0 Å². The van der Waals surface area contributed by atoms with Gasteiger partial charge in [-0.2, -0.15) is 0 Å². The van der Waals surface area contributed by atoms with Crippen LogP contribution in [0.3, 0.4) is 0 Å². The normalized spacial score (nSPS) is 9.88. The van der Waals surface area contributed by atoms with Gasteiger partial charge in [0.05, 0.1) is 6.10 Å². The van der Waals surface area contributed by atoms with Crippen LogP contribution in [0, 0.1) is 0 Å². The van der Waals surface area contributed by atoms with Crippen molar-refractivity contribution in [1.82, 2.24) is 0 Å². The Balaban J connectivity index is 2.81. The van der Waals surface area contributed by atoms with Crippen molar-refractivity contribution in [3.05, 3.63) is 12.7 Å². The van der Waals surface area contributed by atoms with Crippen molar-refractivity contribution in [3.63, 3.8) is 0 Å². The van der Waals surface area contributed by atoms with Gasteiger partial charge in [0.1, 0.15) is 6.61 Å². The second-order valence-electron chi connectivity index (χ2n) is 1.72. The third kappa shape index (κ3) is 5.66. The summed E-state index contributed by atoms with van der Waals surface area (Å²) in [6, 6.07) is 0. The van der Waals surface area contributed by atoms with Crippen LogP contribution in [0.2, 0.25) is 0 Å². The molecular weight excluding hydrogens is 104 g/mol. The van der Waals surface area contributed by atoms with E-state index in [9.17, 15) is 0 Å². The Bertz CT molecular complexity index is 59.5. The van der Waals surface area contributed by atoms with E-state index in [0.717, 1.165) is 0 Å². The fourth-order valence-corrected chi connectivity index (χ4v) is 0.223. The third-order valence-corrected chi connectivity index (χ3v) is 0.446. The average molecular weight is 116 g/mol. The summed E-state index contributed by atoms with van der Waals surface area (Å²) in [5.41, 5.74) is 0. The molecule has 0 aliphatic rings. The molecule has 0 fully saturated rings. The van der Waals surface area contributed by atoms with E-state index in [4.69, 9.17) is 4.89 Å². The molecule has 0 saturated heterocycles. The molecule has 2 heteroatoms. The van der Waals surface area contributed by atoms with E-state index in [1.807, 2.05) is 13.8 Å². The summed E-state index contributed by atoms with van der Waals surface area (Å²) in [7, 11) is 0. The topological polar surface area (TPSA) is 18.5 Å². The van der Waals surface area contributed by atoms with Gasteiger partial charge in [-0.25, -0.2) is 9.78 Å². The molecule has 0 amide bonds. The summed E-state index contributed by atoms with van der Waals surface area (Å²) >= 11 is 0. The molecule has 0 aliphatic carbocycles. The maximum Gasteiger partial charge on any atom is 0.100 e. The van der Waals surface area contributed by atoms with Gasteiger partial charge in [-0.05, 0) is 13.8 Å². The van der Waals surface area contributed by atoms with Crippen molar-refractivity contribution in [2.24, 2.45) is 0 Å². The van der Waals surface area contributed by atoms with Gasteiger partial charge in [0.25, 0.3) is 0 Å². The largest absolute Gasteiger partial charge is 0.234 e. The van der Waals surface area contributed by atoms with Crippen LogP contribution in [-0.2, 0) is 9.78 Å². The number of hydrogen-bond acceptors (Lipinski definition) is 2. The summed E-state index contributed by atoms with van der Waals surface area (Å²) in [6.07, 6.45) is 1.78. The molecule has 0 aromatic rings. The summed E-state index contributed by atoms with van der Waals surface area (Å²) in [4.78, 5) is 9.34.